The predicted octanol–water partition coefficient (Wildman–Crippen LogP) is -2.24. The van der Waals surface area contributed by atoms with E-state index in [1.165, 1.54) is 17.4 Å². The van der Waals surface area contributed by atoms with Crippen LogP contribution >= 0.6 is 0 Å². The minimum Gasteiger partial charge on any atom is -0.394 e. The lowest BCUT2D eigenvalue weighted by Crippen LogP contribution is -2.38. The van der Waals surface area contributed by atoms with Crippen LogP contribution in [0.2, 0.25) is 0 Å². The Morgan fingerprint density at radius 1 is 1.27 bits per heavy atom. The molecule has 1 saturated heterocycles. The fraction of sp³-hybridized carbons (Fsp3) is 0.583. The minimum absolute atomic E-state index is 0.399. The van der Waals surface area contributed by atoms with Crippen molar-refractivity contribution in [3.05, 3.63) is 12.7 Å². The summed E-state index contributed by atoms with van der Waals surface area (Å²) in [7, 11) is 3.65. The van der Waals surface area contributed by atoms with Gasteiger partial charge in [0.2, 0.25) is 5.65 Å². The van der Waals surface area contributed by atoms with Crippen LogP contribution in [0.25, 0.3) is 11.2 Å². The van der Waals surface area contributed by atoms with Crippen molar-refractivity contribution in [1.82, 2.24) is 19.7 Å². The number of aliphatic hydroxyl groups excluding tert-OH is 3. The number of rotatable bonds is 4. The van der Waals surface area contributed by atoms with Gasteiger partial charge < -0.3 is 29.8 Å². The number of hydrogen-bond donors (Lipinski definition) is 3. The molecule has 1 aliphatic heterocycles. The Hall–Kier alpha value is -2.01. The zero-order valence-electron chi connectivity index (χ0n) is 12.1. The highest BCUT2D eigenvalue weighted by Crippen LogP contribution is 2.23. The van der Waals surface area contributed by atoms with Gasteiger partial charge in [0.25, 0.3) is 6.29 Å². The maximum Gasteiger partial charge on any atom is 0.254 e. The van der Waals surface area contributed by atoms with Crippen LogP contribution in [-0.2, 0) is 4.74 Å². The molecule has 0 aliphatic carbocycles. The highest BCUT2D eigenvalue weighted by molar-refractivity contribution is 5.82. The normalized spacial score (nSPS) is 28.2. The molecular weight excluding hydrogens is 294 g/mol. The Balaban J connectivity index is 1.88. The zero-order chi connectivity index (χ0) is 15.9. The van der Waals surface area contributed by atoms with E-state index < -0.39 is 31.2 Å². The molecule has 120 valence electrons. The number of fused-ring (bicyclic) bond motifs is 1. The van der Waals surface area contributed by atoms with Crippen LogP contribution in [-0.4, -0.2) is 80.3 Å². The van der Waals surface area contributed by atoms with E-state index >= 15 is 0 Å². The first kappa shape index (κ1) is 14.9. The van der Waals surface area contributed by atoms with E-state index in [1.54, 1.807) is 4.90 Å². The largest absolute Gasteiger partial charge is 0.394 e. The van der Waals surface area contributed by atoms with Gasteiger partial charge in [-0.15, -0.1) is 4.73 Å². The quantitative estimate of drug-likeness (QED) is 0.574. The maximum absolute atomic E-state index is 9.89. The summed E-state index contributed by atoms with van der Waals surface area (Å²) in [6, 6.07) is 0. The molecule has 4 atom stereocenters. The van der Waals surface area contributed by atoms with Crippen molar-refractivity contribution < 1.29 is 24.9 Å². The molecule has 0 unspecified atom stereocenters. The van der Waals surface area contributed by atoms with E-state index in [9.17, 15) is 10.2 Å². The number of hydrogen-bond acceptors (Lipinski definition) is 9. The first-order valence-electron chi connectivity index (χ1n) is 6.68. The van der Waals surface area contributed by atoms with E-state index in [4.69, 9.17) is 14.7 Å². The molecule has 10 nitrogen and oxygen atoms in total. The van der Waals surface area contributed by atoms with Crippen molar-refractivity contribution in [1.29, 1.82) is 0 Å². The van der Waals surface area contributed by atoms with E-state index in [0.29, 0.717) is 17.0 Å². The summed E-state index contributed by atoms with van der Waals surface area (Å²) in [5, 5.41) is 28.7. The molecule has 2 aromatic heterocycles. The second-order valence-electron chi connectivity index (χ2n) is 5.15. The van der Waals surface area contributed by atoms with Gasteiger partial charge in [-0.3, -0.25) is 0 Å². The fourth-order valence-electron chi connectivity index (χ4n) is 2.27. The third kappa shape index (κ3) is 2.35. The average Bonchev–Trinajstić information content (AvgIpc) is 3.03. The molecule has 1 fully saturated rings. The average molecular weight is 311 g/mol. The second-order valence-corrected chi connectivity index (χ2v) is 5.15. The standard InChI is InChI=1S/C12H17N5O5/c1-16(2)10-7-11(14-4-13-10)17(5-15-7)22-12-9(20)8(19)6(3-18)21-12/h4-6,8-9,12,18-20H,3H2,1-2H3/t6-,8-,9+,12-/m1/s1. The monoisotopic (exact) mass is 311 g/mol. The number of aromatic nitrogens is 4. The van der Waals surface area contributed by atoms with Crippen molar-refractivity contribution >= 4 is 17.0 Å². The highest BCUT2D eigenvalue weighted by Gasteiger charge is 2.44. The van der Waals surface area contributed by atoms with Gasteiger partial charge in [0, 0.05) is 14.1 Å². The van der Waals surface area contributed by atoms with Gasteiger partial charge in [0.15, 0.2) is 11.3 Å². The molecule has 1 aliphatic rings. The summed E-state index contributed by atoms with van der Waals surface area (Å²) in [6.07, 6.45) is -1.80. The van der Waals surface area contributed by atoms with Crippen molar-refractivity contribution in [2.24, 2.45) is 0 Å². The van der Waals surface area contributed by atoms with Crippen molar-refractivity contribution in [2.75, 3.05) is 25.6 Å². The highest BCUT2D eigenvalue weighted by atomic mass is 16.8. The Labute approximate surface area is 125 Å². The number of anilines is 1. The zero-order valence-corrected chi connectivity index (χ0v) is 12.1. The summed E-state index contributed by atoms with van der Waals surface area (Å²) in [6.45, 7) is -0.421. The first-order chi connectivity index (χ1) is 10.5. The lowest BCUT2D eigenvalue weighted by molar-refractivity contribution is -0.169. The van der Waals surface area contributed by atoms with E-state index in [2.05, 4.69) is 15.0 Å². The summed E-state index contributed by atoms with van der Waals surface area (Å²) in [5.74, 6) is 0.619. The van der Waals surface area contributed by atoms with Crippen molar-refractivity contribution in [3.8, 4) is 0 Å². The van der Waals surface area contributed by atoms with E-state index in [1.807, 2.05) is 14.1 Å². The molecular formula is C12H17N5O5. The van der Waals surface area contributed by atoms with Crippen LogP contribution < -0.4 is 9.74 Å². The lowest BCUT2D eigenvalue weighted by Gasteiger charge is -2.16. The molecule has 0 amide bonds. The van der Waals surface area contributed by atoms with Crippen LogP contribution in [0, 0.1) is 0 Å². The molecule has 3 N–H and O–H groups in total. The second kappa shape index (κ2) is 5.65. The molecule has 0 bridgehead atoms. The molecule has 0 aromatic carbocycles. The molecule has 0 spiro atoms. The lowest BCUT2D eigenvalue weighted by atomic mass is 10.1. The molecule has 0 saturated carbocycles. The SMILES string of the molecule is CN(C)c1ncnc2c1ncn2O[C@H]1O[C@H](CO)[C@@H](O)[C@@H]1O. The molecule has 2 aromatic rings. The summed E-state index contributed by atoms with van der Waals surface area (Å²) in [5.41, 5.74) is 0.927. The molecule has 0 radical (unpaired) electrons. The van der Waals surface area contributed by atoms with Gasteiger partial charge in [0.05, 0.1) is 6.61 Å². The van der Waals surface area contributed by atoms with E-state index in [-0.39, 0.29) is 0 Å². The van der Waals surface area contributed by atoms with Crippen molar-refractivity contribution in [3.63, 3.8) is 0 Å². The van der Waals surface area contributed by atoms with Gasteiger partial charge in [-0.2, -0.15) is 0 Å². The first-order valence-corrected chi connectivity index (χ1v) is 6.68. The van der Waals surface area contributed by atoms with Gasteiger partial charge >= 0.3 is 0 Å². The van der Waals surface area contributed by atoms with E-state index in [0.717, 1.165) is 0 Å². The van der Waals surface area contributed by atoms with Crippen LogP contribution in [0.4, 0.5) is 5.82 Å². The van der Waals surface area contributed by atoms with Gasteiger partial charge in [0.1, 0.15) is 31.0 Å². The Kier molecular flexibility index (Phi) is 3.83. The van der Waals surface area contributed by atoms with Crippen LogP contribution in [0.3, 0.4) is 0 Å². The smallest absolute Gasteiger partial charge is 0.254 e. The maximum atomic E-state index is 9.89. The molecule has 3 heterocycles. The van der Waals surface area contributed by atoms with Gasteiger partial charge in [-0.1, -0.05) is 0 Å². The number of nitrogens with zero attached hydrogens (tertiary/aromatic N) is 5. The topological polar surface area (TPSA) is 126 Å². The summed E-state index contributed by atoms with van der Waals surface area (Å²) < 4.78 is 6.50. The number of imidazole rings is 1. The van der Waals surface area contributed by atoms with Crippen molar-refractivity contribution in [2.45, 2.75) is 24.6 Å². The molecule has 10 heteroatoms. The third-order valence-electron chi connectivity index (χ3n) is 3.42. The molecule has 22 heavy (non-hydrogen) atoms. The number of aliphatic hydroxyl groups is 3. The van der Waals surface area contributed by atoms with Crippen LogP contribution in [0.5, 0.6) is 0 Å². The Morgan fingerprint density at radius 2 is 2.05 bits per heavy atom. The minimum atomic E-state index is -1.29. The van der Waals surface area contributed by atoms with Crippen LogP contribution in [0.15, 0.2) is 12.7 Å². The fourth-order valence-corrected chi connectivity index (χ4v) is 2.27. The van der Waals surface area contributed by atoms with Gasteiger partial charge in [-0.05, 0) is 0 Å². The third-order valence-corrected chi connectivity index (χ3v) is 3.42. The summed E-state index contributed by atoms with van der Waals surface area (Å²) in [4.78, 5) is 19.7. The number of ether oxygens (including phenoxy) is 1. The van der Waals surface area contributed by atoms with Crippen LogP contribution in [0.1, 0.15) is 0 Å². The predicted molar refractivity (Wildman–Crippen MR) is 74.0 cm³/mol. The Morgan fingerprint density at radius 3 is 2.68 bits per heavy atom. The summed E-state index contributed by atoms with van der Waals surface area (Å²) >= 11 is 0. The van der Waals surface area contributed by atoms with Gasteiger partial charge in [-0.25, -0.2) is 15.0 Å². The Bertz CT molecular complexity index is 662. The molecule has 3 rings (SSSR count).